The van der Waals surface area contributed by atoms with Gasteiger partial charge in [0.15, 0.2) is 9.84 Å². The molecule has 6 nitrogen and oxygen atoms in total. The van der Waals surface area contributed by atoms with Crippen molar-refractivity contribution in [3.8, 4) is 0 Å². The summed E-state index contributed by atoms with van der Waals surface area (Å²) in [6.45, 7) is 0.160. The van der Waals surface area contributed by atoms with E-state index in [2.05, 4.69) is 4.98 Å². The average Bonchev–Trinajstić information content (AvgIpc) is 2.78. The molecule has 1 aliphatic rings. The standard InChI is InChI=1S/C23H20N2O4S/c26-23(21-22(19-11-5-2-6-12-19)30(27,28)16-15-29-21)25(20-13-7-8-14-24-20)17-18-9-3-1-4-10-18/h1-14H,15-17H2. The van der Waals surface area contributed by atoms with E-state index in [1.807, 2.05) is 30.3 Å². The van der Waals surface area contributed by atoms with Gasteiger partial charge in [0.2, 0.25) is 5.76 Å². The molecule has 2 aromatic carbocycles. The number of nitrogens with zero attached hydrogens (tertiary/aromatic N) is 2. The highest BCUT2D eigenvalue weighted by molar-refractivity contribution is 8.00. The smallest absolute Gasteiger partial charge is 0.296 e. The molecule has 4 rings (SSSR count). The molecule has 2 heterocycles. The predicted molar refractivity (Wildman–Crippen MR) is 115 cm³/mol. The van der Waals surface area contributed by atoms with Gasteiger partial charge in [0.05, 0.1) is 12.3 Å². The summed E-state index contributed by atoms with van der Waals surface area (Å²) in [5.74, 6) is -0.470. The Morgan fingerprint density at radius 1 is 0.933 bits per heavy atom. The van der Waals surface area contributed by atoms with Gasteiger partial charge in [-0.15, -0.1) is 0 Å². The third kappa shape index (κ3) is 4.11. The van der Waals surface area contributed by atoms with Crippen molar-refractivity contribution >= 4 is 26.5 Å². The van der Waals surface area contributed by atoms with Gasteiger partial charge in [0.1, 0.15) is 17.3 Å². The van der Waals surface area contributed by atoms with Crippen molar-refractivity contribution in [1.82, 2.24) is 4.98 Å². The van der Waals surface area contributed by atoms with E-state index in [0.717, 1.165) is 5.56 Å². The molecule has 0 fully saturated rings. The van der Waals surface area contributed by atoms with Crippen LogP contribution in [0.2, 0.25) is 0 Å². The van der Waals surface area contributed by atoms with E-state index >= 15 is 0 Å². The van der Waals surface area contributed by atoms with Gasteiger partial charge in [-0.2, -0.15) is 0 Å². The van der Waals surface area contributed by atoms with Gasteiger partial charge >= 0.3 is 0 Å². The number of rotatable bonds is 5. The zero-order chi connectivity index (χ0) is 21.0. The number of ether oxygens (including phenoxy) is 1. The molecule has 0 bridgehead atoms. The molecule has 152 valence electrons. The minimum Gasteiger partial charge on any atom is -0.486 e. The van der Waals surface area contributed by atoms with E-state index < -0.39 is 15.7 Å². The molecule has 1 amide bonds. The number of hydrogen-bond acceptors (Lipinski definition) is 5. The highest BCUT2D eigenvalue weighted by atomic mass is 32.2. The van der Waals surface area contributed by atoms with Gasteiger partial charge < -0.3 is 4.74 Å². The molecule has 3 aromatic rings. The number of amides is 1. The van der Waals surface area contributed by atoms with Gasteiger partial charge in [-0.05, 0) is 23.3 Å². The molecule has 0 saturated carbocycles. The SMILES string of the molecule is O=C(C1=C(c2ccccc2)S(=O)(=O)CCO1)N(Cc1ccccc1)c1ccccn1. The molecular weight excluding hydrogens is 400 g/mol. The van der Waals surface area contributed by atoms with Crippen LogP contribution in [-0.2, 0) is 25.9 Å². The van der Waals surface area contributed by atoms with Crippen molar-refractivity contribution in [3.05, 3.63) is 102 Å². The summed E-state index contributed by atoms with van der Waals surface area (Å²) in [6, 6.07) is 23.3. The largest absolute Gasteiger partial charge is 0.486 e. The number of hydrogen-bond donors (Lipinski definition) is 0. The molecule has 7 heteroatoms. The molecular formula is C23H20N2O4S. The van der Waals surface area contributed by atoms with Crippen LogP contribution in [-0.4, -0.2) is 31.7 Å². The third-order valence-corrected chi connectivity index (χ3v) is 6.45. The minimum absolute atomic E-state index is 0.0683. The Balaban J connectivity index is 1.84. The number of benzene rings is 2. The van der Waals surface area contributed by atoms with Crippen molar-refractivity contribution < 1.29 is 17.9 Å². The summed E-state index contributed by atoms with van der Waals surface area (Å²) in [6.07, 6.45) is 1.59. The van der Waals surface area contributed by atoms with Crippen LogP contribution in [0, 0.1) is 0 Å². The zero-order valence-corrected chi connectivity index (χ0v) is 17.0. The number of aromatic nitrogens is 1. The van der Waals surface area contributed by atoms with E-state index in [-0.39, 0.29) is 29.6 Å². The quantitative estimate of drug-likeness (QED) is 0.632. The Morgan fingerprint density at radius 2 is 1.60 bits per heavy atom. The maximum absolute atomic E-state index is 13.6. The molecule has 0 saturated heterocycles. The van der Waals surface area contributed by atoms with Crippen molar-refractivity contribution in [3.63, 3.8) is 0 Å². The maximum atomic E-state index is 13.6. The Kier molecular flexibility index (Phi) is 5.63. The monoisotopic (exact) mass is 420 g/mol. The van der Waals surface area contributed by atoms with Crippen molar-refractivity contribution in [2.75, 3.05) is 17.3 Å². The van der Waals surface area contributed by atoms with Crippen LogP contribution >= 0.6 is 0 Å². The lowest BCUT2D eigenvalue weighted by Crippen LogP contribution is -2.36. The summed E-state index contributed by atoms with van der Waals surface area (Å²) < 4.78 is 31.4. The molecule has 0 unspecified atom stereocenters. The van der Waals surface area contributed by atoms with Crippen LogP contribution in [0.3, 0.4) is 0 Å². The summed E-state index contributed by atoms with van der Waals surface area (Å²) >= 11 is 0. The van der Waals surface area contributed by atoms with Crippen LogP contribution < -0.4 is 4.90 Å². The summed E-state index contributed by atoms with van der Waals surface area (Å²) in [7, 11) is -3.67. The van der Waals surface area contributed by atoms with Crippen molar-refractivity contribution in [2.24, 2.45) is 0 Å². The highest BCUT2D eigenvalue weighted by Gasteiger charge is 2.36. The third-order valence-electron chi connectivity index (χ3n) is 4.70. The Hall–Kier alpha value is -3.45. The molecule has 30 heavy (non-hydrogen) atoms. The van der Waals surface area contributed by atoms with Crippen LogP contribution in [0.4, 0.5) is 5.82 Å². The molecule has 0 N–H and O–H groups in total. The summed E-state index contributed by atoms with van der Waals surface area (Å²) in [4.78, 5) is 19.3. The first-order chi connectivity index (χ1) is 14.6. The van der Waals surface area contributed by atoms with Crippen LogP contribution in [0.1, 0.15) is 11.1 Å². The van der Waals surface area contributed by atoms with E-state index in [1.165, 1.54) is 4.90 Å². The second-order valence-electron chi connectivity index (χ2n) is 6.76. The van der Waals surface area contributed by atoms with Gasteiger partial charge in [0, 0.05) is 6.20 Å². The molecule has 0 aliphatic carbocycles. The first kappa shape index (κ1) is 19.8. The number of anilines is 1. The number of sulfone groups is 1. The average molecular weight is 420 g/mol. The molecule has 0 atom stereocenters. The second-order valence-corrected chi connectivity index (χ2v) is 8.80. The number of carbonyl (C=O) groups excluding carboxylic acids is 1. The first-order valence-corrected chi connectivity index (χ1v) is 11.1. The lowest BCUT2D eigenvalue weighted by molar-refractivity contribution is -0.118. The summed E-state index contributed by atoms with van der Waals surface area (Å²) in [5.41, 5.74) is 1.32. The molecule has 0 radical (unpaired) electrons. The van der Waals surface area contributed by atoms with E-state index in [0.29, 0.717) is 11.4 Å². The molecule has 0 spiro atoms. The van der Waals surface area contributed by atoms with Crippen LogP contribution in [0.5, 0.6) is 0 Å². The predicted octanol–water partition coefficient (Wildman–Crippen LogP) is 3.43. The van der Waals surface area contributed by atoms with E-state index in [1.54, 1.807) is 54.7 Å². The fraction of sp³-hybridized carbons (Fsp3) is 0.130. The van der Waals surface area contributed by atoms with E-state index in [4.69, 9.17) is 4.74 Å². The van der Waals surface area contributed by atoms with Gasteiger partial charge in [-0.1, -0.05) is 66.7 Å². The van der Waals surface area contributed by atoms with Gasteiger partial charge in [-0.3, -0.25) is 9.69 Å². The Labute approximate surface area is 175 Å². The number of pyridine rings is 1. The topological polar surface area (TPSA) is 76.6 Å². The highest BCUT2D eigenvalue weighted by Crippen LogP contribution is 2.32. The minimum atomic E-state index is -3.67. The fourth-order valence-electron chi connectivity index (χ4n) is 3.28. The van der Waals surface area contributed by atoms with Crippen LogP contribution in [0.15, 0.2) is 90.8 Å². The molecule has 1 aromatic heterocycles. The zero-order valence-electron chi connectivity index (χ0n) is 16.1. The van der Waals surface area contributed by atoms with Gasteiger partial charge in [0.25, 0.3) is 5.91 Å². The van der Waals surface area contributed by atoms with Crippen molar-refractivity contribution in [2.45, 2.75) is 6.54 Å². The number of carbonyl (C=O) groups is 1. The second kappa shape index (κ2) is 8.51. The molecule has 1 aliphatic heterocycles. The fourth-order valence-corrected chi connectivity index (χ4v) is 4.71. The maximum Gasteiger partial charge on any atom is 0.296 e. The first-order valence-electron chi connectivity index (χ1n) is 9.48. The van der Waals surface area contributed by atoms with Crippen LogP contribution in [0.25, 0.3) is 4.91 Å². The Bertz CT molecular complexity index is 1160. The lowest BCUT2D eigenvalue weighted by Gasteiger charge is -2.27. The summed E-state index contributed by atoms with van der Waals surface area (Å²) in [5, 5.41) is 0. The van der Waals surface area contributed by atoms with E-state index in [9.17, 15) is 13.2 Å². The van der Waals surface area contributed by atoms with Gasteiger partial charge in [-0.25, -0.2) is 13.4 Å². The normalized spacial score (nSPS) is 15.3. The lowest BCUT2D eigenvalue weighted by atomic mass is 10.1. The Morgan fingerprint density at radius 3 is 2.27 bits per heavy atom. The van der Waals surface area contributed by atoms with Crippen molar-refractivity contribution in [1.29, 1.82) is 0 Å².